The van der Waals surface area contributed by atoms with Gasteiger partial charge >= 0.3 is 0 Å². The van der Waals surface area contributed by atoms with Gasteiger partial charge < -0.3 is 5.32 Å². The number of aryl methyl sites for hydroxylation is 2. The minimum absolute atomic E-state index is 0.609. The maximum Gasteiger partial charge on any atom is 0.183 e. The summed E-state index contributed by atoms with van der Waals surface area (Å²) in [5.74, 6) is 0.609. The second-order valence-corrected chi connectivity index (χ2v) is 6.01. The number of benzene rings is 2. The van der Waals surface area contributed by atoms with Gasteiger partial charge in [0.25, 0.3) is 0 Å². The average Bonchev–Trinajstić information content (AvgIpc) is 3.05. The molecule has 2 heterocycles. The van der Waals surface area contributed by atoms with E-state index >= 15 is 0 Å². The molecule has 2 aromatic carbocycles. The van der Waals surface area contributed by atoms with Crippen molar-refractivity contribution in [3.05, 3.63) is 71.5 Å². The van der Waals surface area contributed by atoms with Crippen LogP contribution in [0.25, 0.3) is 11.2 Å². The zero-order chi connectivity index (χ0) is 17.1. The van der Waals surface area contributed by atoms with Crippen LogP contribution < -0.4 is 5.32 Å². The Labute approximate surface area is 149 Å². The molecule has 0 saturated heterocycles. The minimum Gasteiger partial charge on any atom is -0.338 e. The Bertz CT molecular complexity index is 999. The first-order valence-electron chi connectivity index (χ1n) is 7.90. The van der Waals surface area contributed by atoms with Gasteiger partial charge in [-0.05, 0) is 30.2 Å². The molecule has 124 valence electrons. The second kappa shape index (κ2) is 6.86. The number of nitrogens with zero attached hydrogens (tertiary/aromatic N) is 5. The molecule has 0 radical (unpaired) electrons. The Hall–Kier alpha value is -2.99. The van der Waals surface area contributed by atoms with E-state index in [1.165, 1.54) is 11.9 Å². The summed E-state index contributed by atoms with van der Waals surface area (Å²) in [6, 6.07) is 17.7. The molecule has 6 nitrogen and oxygen atoms in total. The smallest absolute Gasteiger partial charge is 0.183 e. The molecule has 0 atom stereocenters. The van der Waals surface area contributed by atoms with Crippen LogP contribution in [0.5, 0.6) is 0 Å². The van der Waals surface area contributed by atoms with E-state index < -0.39 is 0 Å². The van der Waals surface area contributed by atoms with Crippen molar-refractivity contribution in [2.75, 3.05) is 5.32 Å². The van der Waals surface area contributed by atoms with Gasteiger partial charge in [-0.2, -0.15) is 0 Å². The van der Waals surface area contributed by atoms with Crippen molar-refractivity contribution in [1.82, 2.24) is 25.0 Å². The van der Waals surface area contributed by atoms with Crippen LogP contribution in [0.15, 0.2) is 60.9 Å². The Morgan fingerprint density at radius 2 is 1.88 bits per heavy atom. The molecule has 0 aliphatic carbocycles. The molecule has 0 spiro atoms. The van der Waals surface area contributed by atoms with Crippen molar-refractivity contribution >= 4 is 34.3 Å². The van der Waals surface area contributed by atoms with Crippen molar-refractivity contribution in [2.45, 2.75) is 13.0 Å². The number of aromatic nitrogens is 5. The molecule has 0 saturated carbocycles. The van der Waals surface area contributed by atoms with Gasteiger partial charge in [0.15, 0.2) is 17.0 Å². The highest BCUT2D eigenvalue weighted by molar-refractivity contribution is 6.30. The Morgan fingerprint density at radius 3 is 2.72 bits per heavy atom. The monoisotopic (exact) mass is 350 g/mol. The van der Waals surface area contributed by atoms with Crippen LogP contribution in [0, 0.1) is 0 Å². The first kappa shape index (κ1) is 15.5. The normalized spacial score (nSPS) is 10.9. The Balaban J connectivity index is 1.59. The summed E-state index contributed by atoms with van der Waals surface area (Å²) in [5.41, 5.74) is 3.43. The topological polar surface area (TPSA) is 68.5 Å². The van der Waals surface area contributed by atoms with Gasteiger partial charge in [-0.1, -0.05) is 53.2 Å². The summed E-state index contributed by atoms with van der Waals surface area (Å²) >= 11 is 6.03. The van der Waals surface area contributed by atoms with Gasteiger partial charge in [0, 0.05) is 17.3 Å². The van der Waals surface area contributed by atoms with E-state index in [1.54, 1.807) is 4.68 Å². The van der Waals surface area contributed by atoms with E-state index in [9.17, 15) is 0 Å². The van der Waals surface area contributed by atoms with Crippen LogP contribution in [0.1, 0.15) is 5.56 Å². The summed E-state index contributed by atoms with van der Waals surface area (Å²) in [7, 11) is 0. The third-order valence-corrected chi connectivity index (χ3v) is 4.08. The number of rotatable bonds is 5. The molecule has 0 aliphatic heterocycles. The van der Waals surface area contributed by atoms with Crippen LogP contribution in [0.4, 0.5) is 11.5 Å². The molecular weight excluding hydrogens is 336 g/mol. The zero-order valence-corrected chi connectivity index (χ0v) is 14.1. The minimum atomic E-state index is 0.609. The largest absolute Gasteiger partial charge is 0.338 e. The number of fused-ring (bicyclic) bond motifs is 1. The van der Waals surface area contributed by atoms with Gasteiger partial charge in [-0.25, -0.2) is 14.6 Å². The highest BCUT2D eigenvalue weighted by atomic mass is 35.5. The summed E-state index contributed by atoms with van der Waals surface area (Å²) in [6.07, 6.45) is 2.37. The van der Waals surface area contributed by atoms with Crippen molar-refractivity contribution in [1.29, 1.82) is 0 Å². The number of hydrogen-bond donors (Lipinski definition) is 1. The molecular formula is C18H15ClN6. The molecule has 0 bridgehead atoms. The van der Waals surface area contributed by atoms with Gasteiger partial charge in [0.2, 0.25) is 0 Å². The summed E-state index contributed by atoms with van der Waals surface area (Å²) in [5, 5.41) is 12.3. The lowest BCUT2D eigenvalue weighted by Crippen LogP contribution is -2.04. The van der Waals surface area contributed by atoms with Gasteiger partial charge in [-0.3, -0.25) is 0 Å². The standard InChI is InChI=1S/C18H15ClN6/c19-14-7-4-8-15(11-14)22-17-16-18(21-12-20-17)25(24-23-16)10-9-13-5-2-1-3-6-13/h1-8,11-12H,9-10H2,(H,20,21,22). The highest BCUT2D eigenvalue weighted by Crippen LogP contribution is 2.23. The maximum atomic E-state index is 6.03. The molecule has 0 amide bonds. The fourth-order valence-corrected chi connectivity index (χ4v) is 2.81. The summed E-state index contributed by atoms with van der Waals surface area (Å²) < 4.78 is 1.80. The van der Waals surface area contributed by atoms with E-state index in [4.69, 9.17) is 11.6 Å². The van der Waals surface area contributed by atoms with Crippen molar-refractivity contribution in [2.24, 2.45) is 0 Å². The number of anilines is 2. The van der Waals surface area contributed by atoms with E-state index in [2.05, 4.69) is 37.7 Å². The third-order valence-electron chi connectivity index (χ3n) is 3.84. The molecule has 0 unspecified atom stereocenters. The van der Waals surface area contributed by atoms with Gasteiger partial charge in [-0.15, -0.1) is 5.10 Å². The van der Waals surface area contributed by atoms with Gasteiger partial charge in [0.1, 0.15) is 6.33 Å². The second-order valence-electron chi connectivity index (χ2n) is 5.58. The quantitative estimate of drug-likeness (QED) is 0.592. The van der Waals surface area contributed by atoms with Crippen LogP contribution in [-0.2, 0) is 13.0 Å². The van der Waals surface area contributed by atoms with Crippen molar-refractivity contribution in [3.63, 3.8) is 0 Å². The fourth-order valence-electron chi connectivity index (χ4n) is 2.62. The lowest BCUT2D eigenvalue weighted by Gasteiger charge is -2.06. The van der Waals surface area contributed by atoms with E-state index in [1.807, 2.05) is 42.5 Å². The first-order valence-corrected chi connectivity index (χ1v) is 8.28. The zero-order valence-electron chi connectivity index (χ0n) is 13.3. The van der Waals surface area contributed by atoms with Crippen LogP contribution in [-0.4, -0.2) is 25.0 Å². The predicted molar refractivity (Wildman–Crippen MR) is 98.0 cm³/mol. The molecule has 0 fully saturated rings. The summed E-state index contributed by atoms with van der Waals surface area (Å²) in [4.78, 5) is 8.62. The molecule has 1 N–H and O–H groups in total. The van der Waals surface area contributed by atoms with Crippen LogP contribution in [0.3, 0.4) is 0 Å². The number of nitrogens with one attached hydrogen (secondary N) is 1. The van der Waals surface area contributed by atoms with E-state index in [0.29, 0.717) is 28.5 Å². The highest BCUT2D eigenvalue weighted by Gasteiger charge is 2.12. The lowest BCUT2D eigenvalue weighted by molar-refractivity contribution is 0.602. The number of hydrogen-bond acceptors (Lipinski definition) is 5. The Morgan fingerprint density at radius 1 is 1.00 bits per heavy atom. The lowest BCUT2D eigenvalue weighted by atomic mass is 10.1. The molecule has 4 aromatic rings. The van der Waals surface area contributed by atoms with Crippen molar-refractivity contribution in [3.8, 4) is 0 Å². The number of halogens is 1. The van der Waals surface area contributed by atoms with E-state index in [-0.39, 0.29) is 0 Å². The van der Waals surface area contributed by atoms with Crippen molar-refractivity contribution < 1.29 is 0 Å². The fraction of sp³-hybridized carbons (Fsp3) is 0.111. The average molecular weight is 351 g/mol. The third kappa shape index (κ3) is 3.44. The van der Waals surface area contributed by atoms with Crippen LogP contribution in [0.2, 0.25) is 5.02 Å². The van der Waals surface area contributed by atoms with Gasteiger partial charge in [0.05, 0.1) is 0 Å². The molecule has 0 aliphatic rings. The molecule has 7 heteroatoms. The maximum absolute atomic E-state index is 6.03. The molecule has 4 rings (SSSR count). The summed E-state index contributed by atoms with van der Waals surface area (Å²) in [6.45, 7) is 0.703. The molecule has 2 aromatic heterocycles. The molecule has 25 heavy (non-hydrogen) atoms. The first-order chi connectivity index (χ1) is 12.3. The van der Waals surface area contributed by atoms with Crippen LogP contribution >= 0.6 is 11.6 Å². The Kier molecular flexibility index (Phi) is 4.26. The predicted octanol–water partition coefficient (Wildman–Crippen LogP) is 3.86. The SMILES string of the molecule is Clc1cccc(Nc2ncnc3c2nnn3CCc2ccccc2)c1. The van der Waals surface area contributed by atoms with E-state index in [0.717, 1.165) is 12.1 Å².